The second-order valence-electron chi connectivity index (χ2n) is 3.77. The standard InChI is InChI=1S/C11H13NO3S2/c1-2-9-12(8(6-17-9)11(14)15)10(13)7-3-4-16-5-7/h3-5,8-9H,2,6H2,1H3,(H,14,15). The monoisotopic (exact) mass is 271 g/mol. The molecule has 6 heteroatoms. The van der Waals surface area contributed by atoms with Gasteiger partial charge in [-0.05, 0) is 17.9 Å². The van der Waals surface area contributed by atoms with Crippen molar-refractivity contribution < 1.29 is 14.7 Å². The van der Waals surface area contributed by atoms with Crippen molar-refractivity contribution in [2.24, 2.45) is 0 Å². The Bertz CT molecular complexity index is 418. The van der Waals surface area contributed by atoms with Crippen LogP contribution in [0, 0.1) is 0 Å². The van der Waals surface area contributed by atoms with Crippen LogP contribution in [0.1, 0.15) is 23.7 Å². The molecule has 4 nitrogen and oxygen atoms in total. The number of carbonyl (C=O) groups is 2. The highest BCUT2D eigenvalue weighted by Crippen LogP contribution is 2.32. The molecule has 17 heavy (non-hydrogen) atoms. The van der Waals surface area contributed by atoms with E-state index in [0.29, 0.717) is 11.3 Å². The number of thioether (sulfide) groups is 1. The van der Waals surface area contributed by atoms with Gasteiger partial charge >= 0.3 is 5.97 Å². The Hall–Kier alpha value is -1.01. The maximum atomic E-state index is 12.2. The summed E-state index contributed by atoms with van der Waals surface area (Å²) in [6, 6.07) is 1.04. The Labute approximate surface area is 108 Å². The first-order valence-electron chi connectivity index (χ1n) is 5.34. The van der Waals surface area contributed by atoms with Gasteiger partial charge in [0.2, 0.25) is 0 Å². The lowest BCUT2D eigenvalue weighted by Crippen LogP contribution is -2.45. The zero-order valence-corrected chi connectivity index (χ0v) is 11.0. The number of amides is 1. The molecule has 0 aromatic carbocycles. The van der Waals surface area contributed by atoms with E-state index in [4.69, 9.17) is 5.11 Å². The molecule has 2 heterocycles. The van der Waals surface area contributed by atoms with Gasteiger partial charge in [0.25, 0.3) is 5.91 Å². The lowest BCUT2D eigenvalue weighted by Gasteiger charge is -2.26. The molecule has 92 valence electrons. The third kappa shape index (κ3) is 2.32. The Kier molecular flexibility index (Phi) is 3.73. The van der Waals surface area contributed by atoms with Gasteiger partial charge in [-0.3, -0.25) is 4.79 Å². The molecule has 2 rings (SSSR count). The number of nitrogens with zero attached hydrogens (tertiary/aromatic N) is 1. The molecule has 1 fully saturated rings. The van der Waals surface area contributed by atoms with Crippen LogP contribution in [-0.4, -0.2) is 39.1 Å². The van der Waals surface area contributed by atoms with E-state index >= 15 is 0 Å². The average Bonchev–Trinajstić information content (AvgIpc) is 2.96. The summed E-state index contributed by atoms with van der Waals surface area (Å²) in [6.07, 6.45) is 0.768. The normalized spacial score (nSPS) is 23.9. The molecule has 1 aromatic heterocycles. The minimum atomic E-state index is -0.919. The van der Waals surface area contributed by atoms with Crippen molar-refractivity contribution in [1.82, 2.24) is 4.90 Å². The predicted molar refractivity (Wildman–Crippen MR) is 68.4 cm³/mol. The third-order valence-corrected chi connectivity index (χ3v) is 4.87. The number of carbonyl (C=O) groups excluding carboxylic acids is 1. The maximum Gasteiger partial charge on any atom is 0.327 e. The molecule has 0 bridgehead atoms. The molecule has 1 amide bonds. The SMILES string of the molecule is CCC1SCC(C(=O)O)N1C(=O)c1ccsc1. The second-order valence-corrected chi connectivity index (χ2v) is 5.77. The van der Waals surface area contributed by atoms with Gasteiger partial charge in [-0.15, -0.1) is 11.8 Å². The zero-order chi connectivity index (χ0) is 12.4. The van der Waals surface area contributed by atoms with E-state index in [-0.39, 0.29) is 11.3 Å². The number of carboxylic acids is 1. The zero-order valence-electron chi connectivity index (χ0n) is 9.33. The molecule has 1 N–H and O–H groups in total. The number of carboxylic acid groups (broad SMARTS) is 1. The van der Waals surface area contributed by atoms with E-state index in [1.807, 2.05) is 12.3 Å². The van der Waals surface area contributed by atoms with E-state index in [1.165, 1.54) is 16.2 Å². The highest BCUT2D eigenvalue weighted by molar-refractivity contribution is 8.00. The van der Waals surface area contributed by atoms with E-state index in [0.717, 1.165) is 6.42 Å². The minimum Gasteiger partial charge on any atom is -0.480 e. The van der Waals surface area contributed by atoms with Crippen molar-refractivity contribution in [1.29, 1.82) is 0 Å². The fourth-order valence-corrected chi connectivity index (χ4v) is 3.85. The Morgan fingerprint density at radius 1 is 1.59 bits per heavy atom. The lowest BCUT2D eigenvalue weighted by molar-refractivity contribution is -0.141. The predicted octanol–water partition coefficient (Wildman–Crippen LogP) is 2.13. The molecular weight excluding hydrogens is 258 g/mol. The molecular formula is C11H13NO3S2. The summed E-state index contributed by atoms with van der Waals surface area (Å²) in [5, 5.41) is 12.7. The van der Waals surface area contributed by atoms with E-state index < -0.39 is 12.0 Å². The van der Waals surface area contributed by atoms with Crippen molar-refractivity contribution >= 4 is 35.0 Å². The van der Waals surface area contributed by atoms with Crippen LogP contribution in [0.4, 0.5) is 0 Å². The third-order valence-electron chi connectivity index (χ3n) is 2.73. The number of hydrogen-bond acceptors (Lipinski definition) is 4. The molecule has 0 saturated carbocycles. The van der Waals surface area contributed by atoms with E-state index in [9.17, 15) is 9.59 Å². The van der Waals surface area contributed by atoms with Crippen molar-refractivity contribution in [3.63, 3.8) is 0 Å². The van der Waals surface area contributed by atoms with Crippen LogP contribution < -0.4 is 0 Å². The van der Waals surface area contributed by atoms with Crippen LogP contribution >= 0.6 is 23.1 Å². The first-order valence-corrected chi connectivity index (χ1v) is 7.33. The minimum absolute atomic E-state index is 0.0245. The number of rotatable bonds is 3. The maximum absolute atomic E-state index is 12.2. The molecule has 1 aromatic rings. The van der Waals surface area contributed by atoms with E-state index in [1.54, 1.807) is 23.2 Å². The van der Waals surface area contributed by atoms with Crippen LogP contribution in [0.5, 0.6) is 0 Å². The highest BCUT2D eigenvalue weighted by Gasteiger charge is 2.41. The number of hydrogen-bond donors (Lipinski definition) is 1. The van der Waals surface area contributed by atoms with Crippen molar-refractivity contribution in [2.75, 3.05) is 5.75 Å². The molecule has 0 aliphatic carbocycles. The fourth-order valence-electron chi connectivity index (χ4n) is 1.88. The molecule has 1 saturated heterocycles. The quantitative estimate of drug-likeness (QED) is 0.915. The van der Waals surface area contributed by atoms with Crippen LogP contribution in [0.15, 0.2) is 16.8 Å². The van der Waals surface area contributed by atoms with Gasteiger partial charge in [-0.25, -0.2) is 4.79 Å². The van der Waals surface area contributed by atoms with Crippen LogP contribution in [0.2, 0.25) is 0 Å². The summed E-state index contributed by atoms with van der Waals surface area (Å²) in [7, 11) is 0. The topological polar surface area (TPSA) is 57.6 Å². The smallest absolute Gasteiger partial charge is 0.327 e. The Balaban J connectivity index is 2.25. The van der Waals surface area contributed by atoms with Gasteiger partial charge < -0.3 is 10.0 Å². The lowest BCUT2D eigenvalue weighted by atomic mass is 10.2. The summed E-state index contributed by atoms with van der Waals surface area (Å²) >= 11 is 2.98. The number of thiophene rings is 1. The largest absolute Gasteiger partial charge is 0.480 e. The van der Waals surface area contributed by atoms with Gasteiger partial charge in [0, 0.05) is 11.1 Å². The van der Waals surface area contributed by atoms with Crippen molar-refractivity contribution in [3.8, 4) is 0 Å². The van der Waals surface area contributed by atoms with E-state index in [2.05, 4.69) is 0 Å². The molecule has 0 radical (unpaired) electrons. The van der Waals surface area contributed by atoms with Crippen LogP contribution in [0.25, 0.3) is 0 Å². The summed E-state index contributed by atoms with van der Waals surface area (Å²) < 4.78 is 0. The van der Waals surface area contributed by atoms with Gasteiger partial charge in [-0.2, -0.15) is 11.3 Å². The Morgan fingerprint density at radius 3 is 2.88 bits per heavy atom. The molecule has 1 aliphatic heterocycles. The molecule has 2 unspecified atom stereocenters. The van der Waals surface area contributed by atoms with Gasteiger partial charge in [0.15, 0.2) is 0 Å². The van der Waals surface area contributed by atoms with Crippen molar-refractivity contribution in [3.05, 3.63) is 22.4 Å². The van der Waals surface area contributed by atoms with Gasteiger partial charge in [-0.1, -0.05) is 6.92 Å². The summed E-state index contributed by atoms with van der Waals surface area (Å²) in [6.45, 7) is 1.97. The van der Waals surface area contributed by atoms with Crippen molar-refractivity contribution in [2.45, 2.75) is 24.8 Å². The first kappa shape index (κ1) is 12.4. The molecule has 1 aliphatic rings. The average molecular weight is 271 g/mol. The molecule has 0 spiro atoms. The second kappa shape index (κ2) is 5.10. The highest BCUT2D eigenvalue weighted by atomic mass is 32.2. The fraction of sp³-hybridized carbons (Fsp3) is 0.455. The van der Waals surface area contributed by atoms with Crippen LogP contribution in [-0.2, 0) is 4.79 Å². The van der Waals surface area contributed by atoms with Gasteiger partial charge in [0.1, 0.15) is 6.04 Å². The number of aliphatic carboxylic acids is 1. The Morgan fingerprint density at radius 2 is 2.35 bits per heavy atom. The summed E-state index contributed by atoms with van der Waals surface area (Å²) in [5.74, 6) is -0.614. The summed E-state index contributed by atoms with van der Waals surface area (Å²) in [5.41, 5.74) is 0.585. The van der Waals surface area contributed by atoms with Gasteiger partial charge in [0.05, 0.1) is 10.9 Å². The first-order chi connectivity index (χ1) is 8.15. The summed E-state index contributed by atoms with van der Waals surface area (Å²) in [4.78, 5) is 24.9. The molecule has 2 atom stereocenters. The van der Waals surface area contributed by atoms with Crippen LogP contribution in [0.3, 0.4) is 0 Å².